The molecule has 1 aromatic rings. The molecular weight excluding hydrogens is 445 g/mol. The van der Waals surface area contributed by atoms with Crippen molar-refractivity contribution in [2.75, 3.05) is 5.32 Å². The number of carbonyl (C=O) groups excluding carboxylic acids is 1. The first-order valence-corrected chi connectivity index (χ1v) is 10.8. The van der Waals surface area contributed by atoms with Crippen LogP contribution >= 0.6 is 11.6 Å². The largest absolute Gasteiger partial charge is 0.573 e. The minimum atomic E-state index is -4.91. The lowest BCUT2D eigenvalue weighted by molar-refractivity contribution is -0.302. The van der Waals surface area contributed by atoms with Crippen LogP contribution in [0.25, 0.3) is 0 Å². The van der Waals surface area contributed by atoms with Gasteiger partial charge >= 0.3 is 6.36 Å². The van der Waals surface area contributed by atoms with E-state index in [2.05, 4.69) is 25.2 Å². The summed E-state index contributed by atoms with van der Waals surface area (Å²) in [5.41, 5.74) is 1.33. The molecule has 1 unspecified atom stereocenters. The van der Waals surface area contributed by atoms with Crippen LogP contribution in [0, 0.1) is 5.92 Å². The van der Waals surface area contributed by atoms with E-state index in [1.807, 2.05) is 0 Å². The summed E-state index contributed by atoms with van der Waals surface area (Å²) in [6.07, 6.45) is 2.09. The Morgan fingerprint density at radius 2 is 2.09 bits per heavy atom. The zero-order chi connectivity index (χ0) is 23.9. The minimum absolute atomic E-state index is 0.0494. The molecule has 1 aromatic heterocycles. The van der Waals surface area contributed by atoms with E-state index in [0.717, 1.165) is 24.6 Å². The average Bonchev–Trinajstić information content (AvgIpc) is 3.48. The van der Waals surface area contributed by atoms with Crippen molar-refractivity contribution < 1.29 is 22.7 Å². The van der Waals surface area contributed by atoms with Crippen LogP contribution in [0.3, 0.4) is 0 Å². The summed E-state index contributed by atoms with van der Waals surface area (Å²) in [5.74, 6) is -0.758. The molecule has 1 aliphatic rings. The molecule has 1 aliphatic carbocycles. The Labute approximate surface area is 190 Å². The van der Waals surface area contributed by atoms with E-state index in [4.69, 9.17) is 11.6 Å². The summed E-state index contributed by atoms with van der Waals surface area (Å²) < 4.78 is 43.2. The summed E-state index contributed by atoms with van der Waals surface area (Å²) in [6.45, 7) is 6.69. The van der Waals surface area contributed by atoms with Crippen LogP contribution in [-0.2, 0) is 9.53 Å². The molecule has 176 valence electrons. The Bertz CT molecular complexity index is 928. The predicted molar refractivity (Wildman–Crippen MR) is 119 cm³/mol. The number of hydrogen-bond acceptors (Lipinski definition) is 4. The third kappa shape index (κ3) is 7.85. The maximum Gasteiger partial charge on any atom is 0.573 e. The quantitative estimate of drug-likeness (QED) is 0.229. The number of hydrogen-bond donors (Lipinski definition) is 2. The van der Waals surface area contributed by atoms with Gasteiger partial charge in [0.05, 0.1) is 11.6 Å². The molecule has 0 spiro atoms. The normalized spacial score (nSPS) is 17.4. The lowest BCUT2D eigenvalue weighted by atomic mass is 10.1. The number of ether oxygens (including phenoxy) is 1. The smallest absolute Gasteiger partial charge is 0.404 e. The molecule has 1 amide bonds. The van der Waals surface area contributed by atoms with Gasteiger partial charge in [-0.05, 0) is 40.0 Å². The van der Waals surface area contributed by atoms with Gasteiger partial charge in [-0.25, -0.2) is 0 Å². The lowest BCUT2D eigenvalue weighted by Crippen LogP contribution is -2.23. The molecular formula is C22H28ClF3N4O2. The number of nitrogens with one attached hydrogen (secondary N) is 2. The first-order valence-electron chi connectivity index (χ1n) is 10.5. The third-order valence-corrected chi connectivity index (χ3v) is 5.13. The van der Waals surface area contributed by atoms with Gasteiger partial charge in [0.2, 0.25) is 5.91 Å². The van der Waals surface area contributed by atoms with Crippen LogP contribution < -0.4 is 5.32 Å². The van der Waals surface area contributed by atoms with Crippen molar-refractivity contribution in [3.8, 4) is 0 Å². The average molecular weight is 473 g/mol. The number of nitrogens with zero attached hydrogens (tertiary/aromatic N) is 2. The summed E-state index contributed by atoms with van der Waals surface area (Å²) in [4.78, 5) is 17.1. The highest BCUT2D eigenvalue weighted by molar-refractivity contribution is 6.31. The van der Waals surface area contributed by atoms with Gasteiger partial charge in [-0.15, -0.1) is 13.2 Å². The fraction of sp³-hybridized carbons (Fsp3) is 0.500. The fourth-order valence-corrected chi connectivity index (χ4v) is 3.02. The number of aliphatic imine (C=N–C) groups is 1. The minimum Gasteiger partial charge on any atom is -0.404 e. The van der Waals surface area contributed by atoms with Crippen LogP contribution in [0.4, 0.5) is 19.0 Å². The summed E-state index contributed by atoms with van der Waals surface area (Å²) in [7, 11) is 0. The third-order valence-electron chi connectivity index (χ3n) is 4.80. The number of anilines is 1. The van der Waals surface area contributed by atoms with Crippen molar-refractivity contribution in [1.29, 1.82) is 0 Å². The Balaban J connectivity index is 2.27. The highest BCUT2D eigenvalue weighted by Gasteiger charge is 2.34. The zero-order valence-electron chi connectivity index (χ0n) is 18.5. The van der Waals surface area contributed by atoms with Gasteiger partial charge in [0.15, 0.2) is 11.6 Å². The lowest BCUT2D eigenvalue weighted by Gasteiger charge is -2.17. The van der Waals surface area contributed by atoms with Crippen LogP contribution in [0.5, 0.6) is 0 Å². The summed E-state index contributed by atoms with van der Waals surface area (Å²) >= 11 is 5.93. The molecule has 0 saturated heterocycles. The first-order chi connectivity index (χ1) is 15.1. The maximum absolute atomic E-state index is 13.0. The molecule has 2 rings (SSSR count). The molecule has 1 heterocycles. The first kappa shape index (κ1) is 25.7. The van der Waals surface area contributed by atoms with E-state index in [9.17, 15) is 18.0 Å². The van der Waals surface area contributed by atoms with E-state index in [1.54, 1.807) is 39.8 Å². The molecule has 0 aromatic carbocycles. The molecule has 32 heavy (non-hydrogen) atoms. The van der Waals surface area contributed by atoms with Crippen LogP contribution in [0.1, 0.15) is 65.0 Å². The Hall–Kier alpha value is -2.55. The van der Waals surface area contributed by atoms with Gasteiger partial charge in [-0.3, -0.25) is 14.9 Å². The van der Waals surface area contributed by atoms with Crippen LogP contribution in [0.2, 0.25) is 0 Å². The molecule has 0 radical (unpaired) electrons. The monoisotopic (exact) mass is 472 g/mol. The van der Waals surface area contributed by atoms with E-state index in [1.165, 1.54) is 6.08 Å². The summed E-state index contributed by atoms with van der Waals surface area (Å²) in [6, 6.07) is 1.79. The van der Waals surface area contributed by atoms with Gasteiger partial charge in [-0.2, -0.15) is 5.10 Å². The number of aromatic nitrogens is 2. The van der Waals surface area contributed by atoms with Crippen molar-refractivity contribution in [3.63, 3.8) is 0 Å². The SMILES string of the molecule is C\C=C(/N=C(CCC)\C(=C/C(Cl)=C\C)OC(F)(F)F)C(C)C(=O)Nc1cc(C2CC2)[nH]n1. The number of aromatic amines is 1. The van der Waals surface area contributed by atoms with Crippen molar-refractivity contribution >= 4 is 29.0 Å². The van der Waals surface area contributed by atoms with Gasteiger partial charge in [0, 0.05) is 34.5 Å². The van der Waals surface area contributed by atoms with Gasteiger partial charge < -0.3 is 10.1 Å². The van der Waals surface area contributed by atoms with Gasteiger partial charge in [0.25, 0.3) is 0 Å². The fourth-order valence-electron chi connectivity index (χ4n) is 2.92. The second kappa shape index (κ2) is 11.4. The molecule has 6 nitrogen and oxygen atoms in total. The second-order valence-corrected chi connectivity index (χ2v) is 7.88. The van der Waals surface area contributed by atoms with Crippen molar-refractivity contribution in [1.82, 2.24) is 10.2 Å². The molecule has 1 fully saturated rings. The number of alkyl halides is 3. The highest BCUT2D eigenvalue weighted by Crippen LogP contribution is 2.39. The van der Waals surface area contributed by atoms with Gasteiger partial charge in [0.1, 0.15) is 0 Å². The van der Waals surface area contributed by atoms with E-state index < -0.39 is 18.0 Å². The van der Waals surface area contributed by atoms with E-state index in [-0.39, 0.29) is 23.1 Å². The molecule has 0 bridgehead atoms. The number of carbonyl (C=O) groups is 1. The Morgan fingerprint density at radius 3 is 2.62 bits per heavy atom. The van der Waals surface area contributed by atoms with E-state index >= 15 is 0 Å². The molecule has 1 saturated carbocycles. The molecule has 2 N–H and O–H groups in total. The Kier molecular flexibility index (Phi) is 9.12. The number of amides is 1. The number of allylic oxidation sites excluding steroid dienone is 5. The number of H-pyrrole nitrogens is 1. The second-order valence-electron chi connectivity index (χ2n) is 7.45. The van der Waals surface area contributed by atoms with Crippen molar-refractivity contribution in [2.24, 2.45) is 10.9 Å². The van der Waals surface area contributed by atoms with Gasteiger partial charge in [-0.1, -0.05) is 37.1 Å². The molecule has 0 aliphatic heterocycles. The van der Waals surface area contributed by atoms with E-state index in [0.29, 0.717) is 23.9 Å². The molecule has 1 atom stereocenters. The van der Waals surface area contributed by atoms with Crippen molar-refractivity contribution in [3.05, 3.63) is 46.5 Å². The zero-order valence-corrected chi connectivity index (χ0v) is 19.3. The molecule has 10 heteroatoms. The van der Waals surface area contributed by atoms with Crippen molar-refractivity contribution in [2.45, 2.75) is 65.7 Å². The standard InChI is InChI=1S/C22H28ClF3N4O2/c1-5-8-17(19(11-15(23)6-2)32-22(24,25)26)27-16(7-3)13(4)21(31)28-20-12-18(29-30-20)14-9-10-14/h6-7,11-14H,5,8-10H2,1-4H3,(H2,28,29,30,31)/b15-6+,16-7-,19-11+,27-17-. The number of halogens is 4. The Morgan fingerprint density at radius 1 is 1.41 bits per heavy atom. The van der Waals surface area contributed by atoms with Crippen LogP contribution in [-0.4, -0.2) is 28.2 Å². The predicted octanol–water partition coefficient (Wildman–Crippen LogP) is 6.57. The highest BCUT2D eigenvalue weighted by atomic mass is 35.5. The number of rotatable bonds is 10. The maximum atomic E-state index is 13.0. The van der Waals surface area contributed by atoms with Crippen LogP contribution in [0.15, 0.2) is 45.8 Å². The topological polar surface area (TPSA) is 79.4 Å². The summed E-state index contributed by atoms with van der Waals surface area (Å²) in [5, 5.41) is 9.81.